The number of carbonyl (C=O) groups excluding carboxylic acids is 1. The second-order valence-electron chi connectivity index (χ2n) is 6.31. The molecule has 0 bridgehead atoms. The maximum atomic E-state index is 13.1. The van der Waals surface area contributed by atoms with Crippen LogP contribution in [0.2, 0.25) is 0 Å². The first-order valence-corrected chi connectivity index (χ1v) is 8.10. The minimum absolute atomic E-state index is 0.143. The van der Waals surface area contributed by atoms with Crippen molar-refractivity contribution in [1.29, 1.82) is 0 Å². The zero-order valence-electron chi connectivity index (χ0n) is 13.9. The van der Waals surface area contributed by atoms with Crippen molar-refractivity contribution < 1.29 is 14.3 Å². The lowest BCUT2D eigenvalue weighted by Crippen LogP contribution is -2.41. The summed E-state index contributed by atoms with van der Waals surface area (Å²) in [6.07, 6.45) is 1.91. The standard InChI is InChI=1S/C17H21FN4O2/c1-11-19-12(2)22(20-11)10-13-4-3-7-21(9-13)17(24)15-6-5-14(18)8-16(15)23/h5-6,8,13,23H,3-4,7,9-10H2,1-2H3/t13-/m1/s1. The first-order valence-electron chi connectivity index (χ1n) is 8.10. The zero-order chi connectivity index (χ0) is 17.3. The number of phenolic OH excluding ortho intramolecular Hbond substituents is 1. The lowest BCUT2D eigenvalue weighted by molar-refractivity contribution is 0.0656. The van der Waals surface area contributed by atoms with Crippen molar-refractivity contribution in [3.05, 3.63) is 41.2 Å². The average molecular weight is 332 g/mol. The molecule has 1 fully saturated rings. The molecule has 0 spiro atoms. The van der Waals surface area contributed by atoms with Gasteiger partial charge in [0.1, 0.15) is 23.2 Å². The molecule has 24 heavy (non-hydrogen) atoms. The molecule has 1 aromatic heterocycles. The highest BCUT2D eigenvalue weighted by Gasteiger charge is 2.26. The highest BCUT2D eigenvalue weighted by atomic mass is 19.1. The molecule has 1 amide bonds. The van der Waals surface area contributed by atoms with Gasteiger partial charge in [0.25, 0.3) is 5.91 Å². The van der Waals surface area contributed by atoms with Crippen molar-refractivity contribution in [3.8, 4) is 5.75 Å². The van der Waals surface area contributed by atoms with E-state index in [4.69, 9.17) is 0 Å². The second-order valence-corrected chi connectivity index (χ2v) is 6.31. The number of aryl methyl sites for hydroxylation is 2. The summed E-state index contributed by atoms with van der Waals surface area (Å²) in [5.74, 6) is 0.760. The molecule has 1 N–H and O–H groups in total. The van der Waals surface area contributed by atoms with Gasteiger partial charge in [-0.15, -0.1) is 0 Å². The molecule has 0 radical (unpaired) electrons. The maximum absolute atomic E-state index is 13.1. The molecule has 1 aliphatic rings. The number of benzene rings is 1. The summed E-state index contributed by atoms with van der Waals surface area (Å²) < 4.78 is 15.0. The number of rotatable bonds is 3. The van der Waals surface area contributed by atoms with Crippen molar-refractivity contribution in [2.75, 3.05) is 13.1 Å². The lowest BCUT2D eigenvalue weighted by atomic mass is 9.97. The van der Waals surface area contributed by atoms with Gasteiger partial charge in [-0.25, -0.2) is 14.1 Å². The SMILES string of the molecule is Cc1nc(C)n(C[C@@H]2CCCN(C(=O)c3ccc(F)cc3O)C2)n1. The van der Waals surface area contributed by atoms with Crippen LogP contribution in [0.1, 0.15) is 34.8 Å². The number of hydrogen-bond acceptors (Lipinski definition) is 4. The predicted octanol–water partition coefficient (Wildman–Crippen LogP) is 2.29. The summed E-state index contributed by atoms with van der Waals surface area (Å²) in [6, 6.07) is 3.49. The fourth-order valence-electron chi connectivity index (χ4n) is 3.23. The number of likely N-dealkylation sites (tertiary alicyclic amines) is 1. The van der Waals surface area contributed by atoms with Crippen molar-refractivity contribution in [2.45, 2.75) is 33.2 Å². The molecule has 0 unspecified atom stereocenters. The van der Waals surface area contributed by atoms with Gasteiger partial charge in [0.15, 0.2) is 0 Å². The van der Waals surface area contributed by atoms with Gasteiger partial charge in [-0.1, -0.05) is 0 Å². The van der Waals surface area contributed by atoms with Crippen molar-refractivity contribution in [1.82, 2.24) is 19.7 Å². The Kier molecular flexibility index (Phi) is 4.51. The van der Waals surface area contributed by atoms with Crippen LogP contribution in [0.3, 0.4) is 0 Å². The molecule has 7 heteroatoms. The molecule has 1 saturated heterocycles. The number of aromatic hydroxyl groups is 1. The molecule has 128 valence electrons. The third-order valence-corrected chi connectivity index (χ3v) is 4.39. The smallest absolute Gasteiger partial charge is 0.257 e. The van der Waals surface area contributed by atoms with E-state index in [1.807, 2.05) is 18.5 Å². The van der Waals surface area contributed by atoms with Crippen LogP contribution < -0.4 is 0 Å². The van der Waals surface area contributed by atoms with E-state index in [9.17, 15) is 14.3 Å². The van der Waals surface area contributed by atoms with Crippen LogP contribution >= 0.6 is 0 Å². The van der Waals surface area contributed by atoms with E-state index < -0.39 is 5.82 Å². The van der Waals surface area contributed by atoms with E-state index in [0.29, 0.717) is 19.6 Å². The number of hydrogen-bond donors (Lipinski definition) is 1. The molecular formula is C17H21FN4O2. The summed E-state index contributed by atoms with van der Waals surface area (Å²) in [5.41, 5.74) is 0.143. The highest BCUT2D eigenvalue weighted by molar-refractivity contribution is 5.96. The lowest BCUT2D eigenvalue weighted by Gasteiger charge is -2.33. The van der Waals surface area contributed by atoms with Crippen molar-refractivity contribution in [3.63, 3.8) is 0 Å². The number of phenols is 1. The third kappa shape index (κ3) is 3.39. The number of piperidine rings is 1. The Morgan fingerprint density at radius 1 is 1.42 bits per heavy atom. The Labute approximate surface area is 139 Å². The van der Waals surface area contributed by atoms with Crippen LogP contribution in [0.25, 0.3) is 0 Å². The van der Waals surface area contributed by atoms with Gasteiger partial charge >= 0.3 is 0 Å². The summed E-state index contributed by atoms with van der Waals surface area (Å²) in [4.78, 5) is 18.6. The molecule has 2 aromatic rings. The molecule has 0 saturated carbocycles. The van der Waals surface area contributed by atoms with Crippen molar-refractivity contribution in [2.24, 2.45) is 5.92 Å². The van der Waals surface area contributed by atoms with E-state index in [2.05, 4.69) is 10.1 Å². The van der Waals surface area contributed by atoms with E-state index >= 15 is 0 Å². The van der Waals surface area contributed by atoms with Gasteiger partial charge in [0.2, 0.25) is 0 Å². The van der Waals surface area contributed by atoms with E-state index in [-0.39, 0.29) is 23.1 Å². The monoisotopic (exact) mass is 332 g/mol. The molecule has 2 heterocycles. The minimum atomic E-state index is -0.558. The molecule has 0 aliphatic carbocycles. The number of amides is 1. The Bertz CT molecular complexity index is 759. The van der Waals surface area contributed by atoms with Gasteiger partial charge < -0.3 is 10.0 Å². The highest BCUT2D eigenvalue weighted by Crippen LogP contribution is 2.24. The molecular weight excluding hydrogens is 311 g/mol. The van der Waals surface area contributed by atoms with Crippen LogP contribution in [0.4, 0.5) is 4.39 Å². The van der Waals surface area contributed by atoms with Crippen molar-refractivity contribution >= 4 is 5.91 Å². The molecule has 1 aliphatic heterocycles. The van der Waals surface area contributed by atoms with Gasteiger partial charge in [0.05, 0.1) is 5.56 Å². The topological polar surface area (TPSA) is 71.2 Å². The summed E-state index contributed by atoms with van der Waals surface area (Å²) in [5, 5.41) is 14.2. The van der Waals surface area contributed by atoms with Crippen LogP contribution in [0, 0.1) is 25.6 Å². The van der Waals surface area contributed by atoms with Crippen LogP contribution in [-0.4, -0.2) is 43.8 Å². The average Bonchev–Trinajstić information content (AvgIpc) is 2.84. The number of carbonyl (C=O) groups is 1. The Balaban J connectivity index is 1.71. The summed E-state index contributed by atoms with van der Waals surface area (Å²) in [7, 11) is 0. The molecule has 1 aromatic carbocycles. The fraction of sp³-hybridized carbons (Fsp3) is 0.471. The fourth-order valence-corrected chi connectivity index (χ4v) is 3.23. The second kappa shape index (κ2) is 6.59. The van der Waals surface area contributed by atoms with Crippen LogP contribution in [0.5, 0.6) is 5.75 Å². The van der Waals surface area contributed by atoms with Gasteiger partial charge in [0, 0.05) is 25.7 Å². The molecule has 3 rings (SSSR count). The molecule has 6 nitrogen and oxygen atoms in total. The Morgan fingerprint density at radius 2 is 2.21 bits per heavy atom. The normalized spacial score (nSPS) is 18.0. The Hall–Kier alpha value is -2.44. The largest absolute Gasteiger partial charge is 0.507 e. The maximum Gasteiger partial charge on any atom is 0.257 e. The quantitative estimate of drug-likeness (QED) is 0.936. The van der Waals surface area contributed by atoms with Crippen LogP contribution in [-0.2, 0) is 6.54 Å². The Morgan fingerprint density at radius 3 is 2.88 bits per heavy atom. The van der Waals surface area contributed by atoms with Gasteiger partial charge in [-0.05, 0) is 44.7 Å². The summed E-state index contributed by atoms with van der Waals surface area (Å²) in [6.45, 7) is 5.72. The number of nitrogens with zero attached hydrogens (tertiary/aromatic N) is 4. The zero-order valence-corrected chi connectivity index (χ0v) is 13.9. The summed E-state index contributed by atoms with van der Waals surface area (Å²) >= 11 is 0. The third-order valence-electron chi connectivity index (χ3n) is 4.39. The number of halogens is 1. The predicted molar refractivity (Wildman–Crippen MR) is 86.2 cm³/mol. The van der Waals surface area contributed by atoms with E-state index in [0.717, 1.165) is 30.6 Å². The van der Waals surface area contributed by atoms with E-state index in [1.54, 1.807) is 4.90 Å². The van der Waals surface area contributed by atoms with Gasteiger partial charge in [-0.3, -0.25) is 4.79 Å². The first kappa shape index (κ1) is 16.4. The molecule has 1 atom stereocenters. The first-order chi connectivity index (χ1) is 11.4. The van der Waals surface area contributed by atoms with Gasteiger partial charge in [-0.2, -0.15) is 5.10 Å². The number of aromatic nitrogens is 3. The minimum Gasteiger partial charge on any atom is -0.507 e. The van der Waals surface area contributed by atoms with Crippen LogP contribution in [0.15, 0.2) is 18.2 Å². The van der Waals surface area contributed by atoms with E-state index in [1.165, 1.54) is 12.1 Å².